The Labute approximate surface area is 121 Å². The zero-order chi connectivity index (χ0) is 14.1. The molecule has 0 unspecified atom stereocenters. The second-order valence-corrected chi connectivity index (χ2v) is 5.99. The summed E-state index contributed by atoms with van der Waals surface area (Å²) >= 11 is 1.46. The molecule has 0 aliphatic heterocycles. The van der Waals surface area contributed by atoms with Gasteiger partial charge in [0.1, 0.15) is 0 Å². The average molecular weight is 280 g/mol. The zero-order valence-electron chi connectivity index (χ0n) is 12.4. The van der Waals surface area contributed by atoms with E-state index >= 15 is 0 Å². The van der Waals surface area contributed by atoms with Crippen molar-refractivity contribution in [3.8, 4) is 0 Å². The Kier molecular flexibility index (Phi) is 7.17. The fraction of sp³-hybridized carbons (Fsp3) is 0.562. The van der Waals surface area contributed by atoms with Crippen LogP contribution < -0.4 is 0 Å². The van der Waals surface area contributed by atoms with E-state index in [2.05, 4.69) is 20.8 Å². The van der Waals surface area contributed by atoms with Crippen LogP contribution in [0.15, 0.2) is 30.3 Å². The molecule has 0 N–H and O–H groups in total. The number of nitrogens with zero attached hydrogens (tertiary/aromatic N) is 1. The highest BCUT2D eigenvalue weighted by atomic mass is 32.2. The topological polar surface area (TPSA) is 17.1 Å². The highest BCUT2D eigenvalue weighted by Gasteiger charge is 2.22. The lowest BCUT2D eigenvalue weighted by molar-refractivity contribution is -0.922. The van der Waals surface area contributed by atoms with Gasteiger partial charge in [-0.1, -0.05) is 49.0 Å². The Morgan fingerprint density at radius 2 is 1.68 bits per heavy atom. The van der Waals surface area contributed by atoms with Gasteiger partial charge in [0.15, 0.2) is 0 Å². The number of rotatable bonds is 8. The molecule has 19 heavy (non-hydrogen) atoms. The Morgan fingerprint density at radius 3 is 2.21 bits per heavy atom. The molecule has 1 aromatic rings. The fourth-order valence-corrected chi connectivity index (χ4v) is 3.40. The maximum atomic E-state index is 12.0. The quantitative estimate of drug-likeness (QED) is 0.673. The highest BCUT2D eigenvalue weighted by molar-refractivity contribution is 8.14. The van der Waals surface area contributed by atoms with Crippen LogP contribution >= 0.6 is 11.8 Å². The van der Waals surface area contributed by atoms with Gasteiger partial charge in [-0.15, -0.1) is 0 Å². The first-order valence-electron chi connectivity index (χ1n) is 7.24. The SMILES string of the molecule is CCC[N+](CC)(CC)CCSC(=O)c1ccccc1. The van der Waals surface area contributed by atoms with Gasteiger partial charge in [-0.2, -0.15) is 0 Å². The molecule has 0 aliphatic carbocycles. The van der Waals surface area contributed by atoms with Gasteiger partial charge in [0, 0.05) is 5.56 Å². The minimum atomic E-state index is 0.197. The lowest BCUT2D eigenvalue weighted by Gasteiger charge is -2.36. The lowest BCUT2D eigenvalue weighted by atomic mass is 10.2. The van der Waals surface area contributed by atoms with E-state index in [4.69, 9.17) is 0 Å². The summed E-state index contributed by atoms with van der Waals surface area (Å²) in [5, 5.41) is 0.197. The molecule has 0 heterocycles. The lowest BCUT2D eigenvalue weighted by Crippen LogP contribution is -2.49. The van der Waals surface area contributed by atoms with Crippen molar-refractivity contribution in [2.45, 2.75) is 27.2 Å². The van der Waals surface area contributed by atoms with Gasteiger partial charge in [0.25, 0.3) is 0 Å². The van der Waals surface area contributed by atoms with Gasteiger partial charge in [-0.05, 0) is 20.3 Å². The average Bonchev–Trinajstić information content (AvgIpc) is 2.47. The third-order valence-corrected chi connectivity index (χ3v) is 4.73. The van der Waals surface area contributed by atoms with Crippen LogP contribution in [0.25, 0.3) is 0 Å². The molecule has 0 spiro atoms. The maximum absolute atomic E-state index is 12.0. The van der Waals surface area contributed by atoms with Crippen LogP contribution in [0.4, 0.5) is 0 Å². The largest absolute Gasteiger partial charge is 0.323 e. The van der Waals surface area contributed by atoms with Gasteiger partial charge < -0.3 is 4.48 Å². The summed E-state index contributed by atoms with van der Waals surface area (Å²) in [6.07, 6.45) is 1.21. The highest BCUT2D eigenvalue weighted by Crippen LogP contribution is 2.15. The molecule has 0 radical (unpaired) electrons. The Balaban J connectivity index is 2.46. The summed E-state index contributed by atoms with van der Waals surface area (Å²) in [5.41, 5.74) is 0.814. The Morgan fingerprint density at radius 1 is 1.05 bits per heavy atom. The molecular weight excluding hydrogens is 254 g/mol. The number of hydrogen-bond donors (Lipinski definition) is 0. The van der Waals surface area contributed by atoms with Crippen LogP contribution in [0.5, 0.6) is 0 Å². The van der Waals surface area contributed by atoms with Crippen molar-refractivity contribution in [1.82, 2.24) is 0 Å². The molecule has 0 amide bonds. The molecular formula is C16H26NOS+. The van der Waals surface area contributed by atoms with E-state index in [9.17, 15) is 4.79 Å². The van der Waals surface area contributed by atoms with Crippen molar-refractivity contribution < 1.29 is 9.28 Å². The van der Waals surface area contributed by atoms with Crippen LogP contribution in [-0.4, -0.2) is 41.5 Å². The molecule has 2 nitrogen and oxygen atoms in total. The number of quaternary nitrogens is 1. The molecule has 0 aliphatic rings. The van der Waals surface area contributed by atoms with Crippen LogP contribution in [0.3, 0.4) is 0 Å². The molecule has 0 fully saturated rings. The number of benzene rings is 1. The number of carbonyl (C=O) groups excluding carboxylic acids is 1. The van der Waals surface area contributed by atoms with Crippen molar-refractivity contribution in [2.75, 3.05) is 31.9 Å². The van der Waals surface area contributed by atoms with Crippen molar-refractivity contribution in [2.24, 2.45) is 0 Å². The third kappa shape index (κ3) is 5.00. The summed E-state index contributed by atoms with van der Waals surface area (Å²) in [5.74, 6) is 0.912. The Bertz CT molecular complexity index is 374. The summed E-state index contributed by atoms with van der Waals surface area (Å²) < 4.78 is 1.13. The first-order valence-corrected chi connectivity index (χ1v) is 8.23. The Hall–Kier alpha value is -0.800. The number of carbonyl (C=O) groups is 1. The zero-order valence-corrected chi connectivity index (χ0v) is 13.2. The monoisotopic (exact) mass is 280 g/mol. The molecule has 0 saturated carbocycles. The minimum Gasteiger partial charge on any atom is -0.323 e. The fourth-order valence-electron chi connectivity index (χ4n) is 2.43. The number of hydrogen-bond acceptors (Lipinski definition) is 2. The van der Waals surface area contributed by atoms with E-state index in [-0.39, 0.29) is 5.12 Å². The molecule has 3 heteroatoms. The van der Waals surface area contributed by atoms with Crippen LogP contribution in [-0.2, 0) is 0 Å². The van der Waals surface area contributed by atoms with E-state index in [0.717, 1.165) is 35.4 Å². The summed E-state index contributed by atoms with van der Waals surface area (Å²) in [7, 11) is 0. The summed E-state index contributed by atoms with van der Waals surface area (Å²) in [4.78, 5) is 12.0. The van der Waals surface area contributed by atoms with Gasteiger partial charge in [-0.3, -0.25) is 4.79 Å². The summed E-state index contributed by atoms with van der Waals surface area (Å²) in [6, 6.07) is 9.57. The molecule has 1 aromatic carbocycles. The third-order valence-electron chi connectivity index (χ3n) is 3.85. The van der Waals surface area contributed by atoms with Gasteiger partial charge in [-0.25, -0.2) is 0 Å². The predicted octanol–water partition coefficient (Wildman–Crippen LogP) is 3.83. The predicted molar refractivity (Wildman–Crippen MR) is 84.6 cm³/mol. The first-order chi connectivity index (χ1) is 9.17. The second kappa shape index (κ2) is 8.39. The van der Waals surface area contributed by atoms with Crippen molar-refractivity contribution in [3.63, 3.8) is 0 Å². The van der Waals surface area contributed by atoms with Gasteiger partial charge in [0.2, 0.25) is 5.12 Å². The molecule has 0 saturated heterocycles. The van der Waals surface area contributed by atoms with E-state index in [1.807, 2.05) is 30.3 Å². The molecule has 0 bridgehead atoms. The molecule has 1 rings (SSSR count). The molecule has 0 atom stereocenters. The second-order valence-electron chi connectivity index (χ2n) is 4.92. The van der Waals surface area contributed by atoms with Crippen molar-refractivity contribution in [1.29, 1.82) is 0 Å². The molecule has 0 aromatic heterocycles. The van der Waals surface area contributed by atoms with E-state index in [1.165, 1.54) is 24.7 Å². The number of thioether (sulfide) groups is 1. The summed E-state index contributed by atoms with van der Waals surface area (Å²) in [6.45, 7) is 11.4. The van der Waals surface area contributed by atoms with Crippen LogP contribution in [0.2, 0.25) is 0 Å². The van der Waals surface area contributed by atoms with Crippen molar-refractivity contribution >= 4 is 16.9 Å². The van der Waals surface area contributed by atoms with Crippen molar-refractivity contribution in [3.05, 3.63) is 35.9 Å². The first kappa shape index (κ1) is 16.3. The smallest absolute Gasteiger partial charge is 0.219 e. The van der Waals surface area contributed by atoms with Crippen LogP contribution in [0.1, 0.15) is 37.6 Å². The van der Waals surface area contributed by atoms with Gasteiger partial charge in [0.05, 0.1) is 31.9 Å². The van der Waals surface area contributed by atoms with Gasteiger partial charge >= 0.3 is 0 Å². The van der Waals surface area contributed by atoms with E-state index in [0.29, 0.717) is 0 Å². The van der Waals surface area contributed by atoms with Crippen LogP contribution in [0, 0.1) is 0 Å². The maximum Gasteiger partial charge on any atom is 0.219 e. The normalized spacial score (nSPS) is 11.5. The van der Waals surface area contributed by atoms with E-state index < -0.39 is 0 Å². The standard InChI is InChI=1S/C16H26NOS/c1-4-12-17(5-2,6-3)13-14-19-16(18)15-10-8-7-9-11-15/h7-11H,4-6,12-14H2,1-3H3/q+1. The minimum absolute atomic E-state index is 0.197. The molecule has 106 valence electrons. The van der Waals surface area contributed by atoms with E-state index in [1.54, 1.807) is 0 Å².